The number of hydrogen-bond acceptors (Lipinski definition) is 2. The van der Waals surface area contributed by atoms with Crippen LogP contribution < -0.4 is 0 Å². The van der Waals surface area contributed by atoms with Crippen LogP contribution in [0.3, 0.4) is 0 Å². The van der Waals surface area contributed by atoms with Crippen molar-refractivity contribution in [3.8, 4) is 0 Å². The first-order chi connectivity index (χ1) is 10.7. The topological polar surface area (TPSA) is 37.1 Å². The van der Waals surface area contributed by atoms with E-state index in [1.165, 1.54) is 51.8 Å². The summed E-state index contributed by atoms with van der Waals surface area (Å²) < 4.78 is 31.6. The Hall–Kier alpha value is 0.709. The molecule has 1 saturated heterocycles. The second-order valence-electron chi connectivity index (χ2n) is 8.38. The number of hydrogen-bond donors (Lipinski definition) is 0. The van der Waals surface area contributed by atoms with E-state index in [0.717, 1.165) is 6.54 Å². The molecule has 0 aliphatic carbocycles. The molecule has 0 N–H and O–H groups in total. The summed E-state index contributed by atoms with van der Waals surface area (Å²) in [6.07, 6.45) is 7.66. The van der Waals surface area contributed by atoms with Crippen molar-refractivity contribution in [1.29, 1.82) is 0 Å². The number of sulfonamides is 1. The molecule has 0 aromatic carbocycles. The van der Waals surface area contributed by atoms with Gasteiger partial charge in [0, 0.05) is 0 Å². The van der Waals surface area contributed by atoms with Gasteiger partial charge in [-0.05, 0) is 0 Å². The molecule has 0 aromatic heterocycles. The Bertz CT molecular complexity index is 434. The van der Waals surface area contributed by atoms with Crippen LogP contribution in [0.5, 0.6) is 0 Å². The molecule has 5 heteroatoms. The van der Waals surface area contributed by atoms with Crippen molar-refractivity contribution in [3.63, 3.8) is 0 Å². The molecule has 23 heavy (non-hydrogen) atoms. The second-order valence-corrected chi connectivity index (χ2v) is 25.0. The van der Waals surface area contributed by atoms with E-state index in [2.05, 4.69) is 20.8 Å². The first-order valence-corrected chi connectivity index (χ1v) is 18.8. The van der Waals surface area contributed by atoms with Crippen molar-refractivity contribution < 1.29 is 8.42 Å². The molecule has 0 aromatic rings. The van der Waals surface area contributed by atoms with Crippen LogP contribution >= 0.6 is 0 Å². The van der Waals surface area contributed by atoms with Crippen LogP contribution in [0.25, 0.3) is 0 Å². The molecule has 1 aliphatic heterocycles. The maximum atomic E-state index is 12.9. The number of unbranched alkanes of at least 4 members (excludes halogenated alkanes) is 3. The average molecular weight is 452 g/mol. The quantitative estimate of drug-likeness (QED) is 0.320. The molecular formula is C18H39NO2SSn. The Kier molecular flexibility index (Phi) is 8.40. The van der Waals surface area contributed by atoms with Gasteiger partial charge in [0.1, 0.15) is 0 Å². The zero-order valence-electron chi connectivity index (χ0n) is 16.3. The summed E-state index contributed by atoms with van der Waals surface area (Å²) in [7, 11) is -3.12. The van der Waals surface area contributed by atoms with E-state index in [0.29, 0.717) is 4.06 Å². The van der Waals surface area contributed by atoms with Crippen LogP contribution in [0.1, 0.15) is 80.1 Å². The normalized spacial score (nSPS) is 22.3. The van der Waals surface area contributed by atoms with Crippen LogP contribution in [-0.2, 0) is 10.0 Å². The third-order valence-electron chi connectivity index (χ3n) is 5.44. The Balaban J connectivity index is 3.00. The average Bonchev–Trinajstić information content (AvgIpc) is 3.27. The van der Waals surface area contributed by atoms with Crippen molar-refractivity contribution in [2.75, 3.05) is 6.54 Å². The van der Waals surface area contributed by atoms with E-state index in [1.54, 1.807) is 0 Å². The molecule has 138 valence electrons. The molecule has 0 radical (unpaired) electrons. The summed E-state index contributed by atoms with van der Waals surface area (Å²) in [5, 5.41) is 0. The van der Waals surface area contributed by atoms with Crippen LogP contribution in [0.2, 0.25) is 13.3 Å². The Labute approximate surface area is 149 Å². The zero-order chi connectivity index (χ0) is 17.7. The van der Waals surface area contributed by atoms with Crippen LogP contribution in [-0.4, -0.2) is 46.4 Å². The van der Waals surface area contributed by atoms with E-state index in [-0.39, 0.29) is 0 Å². The first kappa shape index (κ1) is 21.8. The van der Waals surface area contributed by atoms with Gasteiger partial charge >= 0.3 is 150 Å². The summed E-state index contributed by atoms with van der Waals surface area (Å²) >= 11 is -2.42. The van der Waals surface area contributed by atoms with Gasteiger partial charge in [-0.1, -0.05) is 0 Å². The Morgan fingerprint density at radius 1 is 0.913 bits per heavy atom. The van der Waals surface area contributed by atoms with Crippen molar-refractivity contribution in [2.45, 2.75) is 102 Å². The molecule has 2 unspecified atom stereocenters. The molecule has 1 rings (SSSR count). The van der Waals surface area contributed by atoms with Gasteiger partial charge in [-0.15, -0.1) is 0 Å². The minimum absolute atomic E-state index is 0.457. The van der Waals surface area contributed by atoms with Gasteiger partial charge in [0.15, 0.2) is 0 Å². The minimum atomic E-state index is -3.12. The standard InChI is InChI=1S/C6H12NO2S.3C4H9.Sn/c1-6(2,3)10(8,9)7-4-5-7;3*1-3-4-2;/h4H,5H2,1-3H3;3*1,3-4H2,2H3;. The van der Waals surface area contributed by atoms with Crippen LogP contribution in [0.15, 0.2) is 0 Å². The van der Waals surface area contributed by atoms with E-state index in [1.807, 2.05) is 25.1 Å². The third kappa shape index (κ3) is 5.34. The fourth-order valence-corrected chi connectivity index (χ4v) is 25.6. The second kappa shape index (κ2) is 8.88. The van der Waals surface area contributed by atoms with Crippen LogP contribution in [0, 0.1) is 0 Å². The predicted molar refractivity (Wildman–Crippen MR) is 104 cm³/mol. The summed E-state index contributed by atoms with van der Waals surface area (Å²) in [5.74, 6) is 0. The fourth-order valence-electron chi connectivity index (χ4n) is 3.70. The van der Waals surface area contributed by atoms with E-state index in [9.17, 15) is 8.42 Å². The molecule has 0 saturated carbocycles. The van der Waals surface area contributed by atoms with Gasteiger partial charge in [-0.25, -0.2) is 0 Å². The first-order valence-electron chi connectivity index (χ1n) is 9.67. The third-order valence-corrected chi connectivity index (χ3v) is 25.5. The van der Waals surface area contributed by atoms with Crippen LogP contribution in [0.4, 0.5) is 0 Å². The molecule has 2 atom stereocenters. The van der Waals surface area contributed by atoms with Crippen molar-refractivity contribution in [2.24, 2.45) is 0 Å². The van der Waals surface area contributed by atoms with Gasteiger partial charge in [0.05, 0.1) is 0 Å². The van der Waals surface area contributed by atoms with E-state index in [4.69, 9.17) is 0 Å². The van der Waals surface area contributed by atoms with Gasteiger partial charge in [-0.2, -0.15) is 0 Å². The van der Waals surface area contributed by atoms with Gasteiger partial charge in [0.2, 0.25) is 0 Å². The molecule has 3 nitrogen and oxygen atoms in total. The van der Waals surface area contributed by atoms with Crippen molar-refractivity contribution >= 4 is 28.4 Å². The number of rotatable bonds is 11. The summed E-state index contributed by atoms with van der Waals surface area (Å²) in [4.78, 5) is 0. The number of nitrogens with zero attached hydrogens (tertiary/aromatic N) is 1. The van der Waals surface area contributed by atoms with Gasteiger partial charge in [-0.3, -0.25) is 0 Å². The summed E-state index contributed by atoms with van der Waals surface area (Å²) in [6.45, 7) is 13.2. The Morgan fingerprint density at radius 2 is 1.30 bits per heavy atom. The molecule has 1 heterocycles. The predicted octanol–water partition coefficient (Wildman–Crippen LogP) is 5.19. The molecular weight excluding hydrogens is 413 g/mol. The van der Waals surface area contributed by atoms with E-state index < -0.39 is 33.1 Å². The molecule has 1 aliphatic rings. The van der Waals surface area contributed by atoms with Gasteiger partial charge in [0.25, 0.3) is 0 Å². The van der Waals surface area contributed by atoms with Crippen molar-refractivity contribution in [1.82, 2.24) is 4.31 Å². The summed E-state index contributed by atoms with van der Waals surface area (Å²) in [6, 6.07) is 0. The molecule has 0 spiro atoms. The monoisotopic (exact) mass is 453 g/mol. The Morgan fingerprint density at radius 3 is 1.61 bits per heavy atom. The van der Waals surface area contributed by atoms with Gasteiger partial charge < -0.3 is 0 Å². The molecule has 0 bridgehead atoms. The fraction of sp³-hybridized carbons (Fsp3) is 1.00. The molecule has 0 amide bonds. The van der Waals surface area contributed by atoms with E-state index >= 15 is 0 Å². The van der Waals surface area contributed by atoms with Crippen molar-refractivity contribution in [3.05, 3.63) is 0 Å². The zero-order valence-corrected chi connectivity index (χ0v) is 20.0. The SMILES string of the molecule is CCC[CH2][Sn]([CH2]CCC)([CH2]CCC)[CH]1CN1S(=O)(=O)C(C)(C)C. The molecule has 1 fully saturated rings. The maximum absolute atomic E-state index is 12.9. The summed E-state index contributed by atoms with van der Waals surface area (Å²) in [5.41, 5.74) is 0.